The molecule has 0 aliphatic heterocycles. The Hall–Kier alpha value is -3.78. The van der Waals surface area contributed by atoms with Crippen LogP contribution in [0, 0.1) is 36.2 Å². The van der Waals surface area contributed by atoms with E-state index in [0.717, 1.165) is 29.5 Å². The highest BCUT2D eigenvalue weighted by Crippen LogP contribution is 2.36. The van der Waals surface area contributed by atoms with Crippen LogP contribution in [0.25, 0.3) is 16.7 Å². The molecule has 0 unspecified atom stereocenters. The van der Waals surface area contributed by atoms with Crippen LogP contribution in [0.3, 0.4) is 0 Å². The third-order valence-electron chi connectivity index (χ3n) is 5.94. The number of halogens is 5. The zero-order valence-corrected chi connectivity index (χ0v) is 18.4. The van der Waals surface area contributed by atoms with Crippen LogP contribution in [0.1, 0.15) is 30.7 Å². The first kappa shape index (κ1) is 23.0. The van der Waals surface area contributed by atoms with Crippen LogP contribution in [-0.4, -0.2) is 43.3 Å². The minimum absolute atomic E-state index is 0.0288. The van der Waals surface area contributed by atoms with E-state index in [4.69, 9.17) is 0 Å². The molecule has 1 fully saturated rings. The van der Waals surface area contributed by atoms with Gasteiger partial charge >= 0.3 is 0 Å². The Morgan fingerprint density at radius 3 is 2.60 bits per heavy atom. The fourth-order valence-corrected chi connectivity index (χ4v) is 4.07. The van der Waals surface area contributed by atoms with Crippen molar-refractivity contribution in [3.63, 3.8) is 0 Å². The summed E-state index contributed by atoms with van der Waals surface area (Å²) in [4.78, 5) is 5.09. The van der Waals surface area contributed by atoms with Gasteiger partial charge in [0.25, 0.3) is 12.2 Å². The van der Waals surface area contributed by atoms with Crippen molar-refractivity contribution in [2.75, 3.05) is 11.4 Å². The molecular formula is C24H18F5N5O. The summed E-state index contributed by atoms with van der Waals surface area (Å²) in [6.07, 6.45) is -1.16. The molecule has 0 bridgehead atoms. The first-order valence-corrected chi connectivity index (χ1v) is 10.8. The Morgan fingerprint density at radius 2 is 1.91 bits per heavy atom. The van der Waals surface area contributed by atoms with E-state index in [1.807, 2.05) is 0 Å². The van der Waals surface area contributed by atoms with Gasteiger partial charge in [0.1, 0.15) is 23.1 Å². The average molecular weight is 487 g/mol. The molecule has 1 saturated carbocycles. The Balaban J connectivity index is 1.74. The lowest BCUT2D eigenvalue weighted by molar-refractivity contribution is 0.0240. The predicted molar refractivity (Wildman–Crippen MR) is 118 cm³/mol. The van der Waals surface area contributed by atoms with E-state index in [-0.39, 0.29) is 33.7 Å². The van der Waals surface area contributed by atoms with Gasteiger partial charge in [0, 0.05) is 11.3 Å². The van der Waals surface area contributed by atoms with Crippen LogP contribution in [0.5, 0.6) is 0 Å². The maximum atomic E-state index is 15.1. The molecule has 0 saturated heterocycles. The Bertz CT molecular complexity index is 1520. The van der Waals surface area contributed by atoms with Crippen molar-refractivity contribution in [2.24, 2.45) is 0 Å². The molecule has 0 amide bonds. The van der Waals surface area contributed by atoms with Gasteiger partial charge < -0.3 is 10.0 Å². The van der Waals surface area contributed by atoms with Gasteiger partial charge in [-0.2, -0.15) is 4.98 Å². The number of hydrogen-bond acceptors (Lipinski definition) is 5. The largest absolute Gasteiger partial charge is 0.378 e. The van der Waals surface area contributed by atoms with Gasteiger partial charge in [0.2, 0.25) is 0 Å². The predicted octanol–water partition coefficient (Wildman–Crippen LogP) is 4.67. The minimum atomic E-state index is -2.94. The second-order valence-corrected chi connectivity index (χ2v) is 8.41. The third-order valence-corrected chi connectivity index (χ3v) is 5.94. The zero-order chi connectivity index (χ0) is 24.9. The van der Waals surface area contributed by atoms with Crippen molar-refractivity contribution in [3.8, 4) is 11.8 Å². The van der Waals surface area contributed by atoms with Crippen molar-refractivity contribution < 1.29 is 27.1 Å². The van der Waals surface area contributed by atoms with Crippen LogP contribution in [0.2, 0.25) is 0 Å². The van der Waals surface area contributed by atoms with E-state index >= 15 is 4.39 Å². The van der Waals surface area contributed by atoms with Crippen molar-refractivity contribution in [2.45, 2.75) is 38.2 Å². The molecule has 35 heavy (non-hydrogen) atoms. The fourth-order valence-electron chi connectivity index (χ4n) is 4.07. The smallest absolute Gasteiger partial charge is 0.257 e. The first-order chi connectivity index (χ1) is 16.6. The number of alkyl halides is 2. The number of anilines is 2. The molecule has 2 aromatic heterocycles. The summed E-state index contributed by atoms with van der Waals surface area (Å²) in [6.45, 7) is 0.578. The Morgan fingerprint density at radius 1 is 1.14 bits per heavy atom. The number of aryl methyl sites for hydroxylation is 1. The quantitative estimate of drug-likeness (QED) is 0.335. The number of nitrogens with zero attached hydrogens (tertiary/aromatic N) is 5. The van der Waals surface area contributed by atoms with E-state index in [1.165, 1.54) is 16.5 Å². The zero-order valence-electron chi connectivity index (χ0n) is 18.4. The lowest BCUT2D eigenvalue weighted by atomic mass is 9.81. The van der Waals surface area contributed by atoms with Gasteiger partial charge in [0.05, 0.1) is 17.4 Å². The van der Waals surface area contributed by atoms with Crippen LogP contribution in [0.15, 0.2) is 30.3 Å². The average Bonchev–Trinajstić information content (AvgIpc) is 3.16. The van der Waals surface area contributed by atoms with E-state index in [0.29, 0.717) is 18.7 Å². The molecule has 2 heterocycles. The van der Waals surface area contributed by atoms with E-state index in [9.17, 15) is 22.7 Å². The van der Waals surface area contributed by atoms with Gasteiger partial charge in [-0.05, 0) is 56.5 Å². The van der Waals surface area contributed by atoms with Gasteiger partial charge in [-0.3, -0.25) is 4.40 Å². The summed E-state index contributed by atoms with van der Waals surface area (Å²) in [5.74, 6) is 1.99. The number of hydrogen-bond donors (Lipinski definition) is 1. The number of fused-ring (bicyclic) bond motifs is 3. The van der Waals surface area contributed by atoms with Crippen LogP contribution < -0.4 is 4.90 Å². The molecule has 1 aliphatic rings. The number of aliphatic hydroxyl groups is 1. The molecule has 0 radical (unpaired) electrons. The number of benzene rings is 2. The molecule has 4 aromatic rings. The van der Waals surface area contributed by atoms with E-state index in [2.05, 4.69) is 27.0 Å². The molecule has 1 aliphatic carbocycles. The van der Waals surface area contributed by atoms with Crippen LogP contribution in [-0.2, 0) is 0 Å². The second kappa shape index (κ2) is 8.46. The van der Waals surface area contributed by atoms with Crippen molar-refractivity contribution >= 4 is 28.2 Å². The summed E-state index contributed by atoms with van der Waals surface area (Å²) >= 11 is 0. The highest BCUT2D eigenvalue weighted by molar-refractivity contribution is 5.94. The highest BCUT2D eigenvalue weighted by Gasteiger charge is 2.32. The molecule has 1 N–H and O–H groups in total. The first-order valence-electron chi connectivity index (χ1n) is 10.8. The van der Waals surface area contributed by atoms with Crippen molar-refractivity contribution in [1.82, 2.24) is 19.6 Å². The summed E-state index contributed by atoms with van der Waals surface area (Å²) in [7, 11) is 0. The standard InChI is InChI=1S/C24H18F5N5O/c1-13-31-32-23-30-22(20-18(34(13)23)4-3-17(26)21(20)29)33(12-19(27)28)16-10-14(9-15(25)11-16)5-8-24(35)6-2-7-24/h3-4,9-11,19,35H,2,6-7,12H2,1H3. The molecule has 6 nitrogen and oxygen atoms in total. The number of rotatable bonds is 4. The van der Waals surface area contributed by atoms with Gasteiger partial charge in [-0.1, -0.05) is 11.8 Å². The molecule has 2 aromatic carbocycles. The molecule has 0 atom stereocenters. The number of aromatic nitrogens is 4. The molecule has 11 heteroatoms. The summed E-state index contributed by atoms with van der Waals surface area (Å²) in [6, 6.07) is 5.56. The summed E-state index contributed by atoms with van der Waals surface area (Å²) in [5.41, 5.74) is -1.04. The Kier molecular flexibility index (Phi) is 5.56. The maximum absolute atomic E-state index is 15.1. The van der Waals surface area contributed by atoms with Gasteiger partial charge in [0.15, 0.2) is 11.6 Å². The fraction of sp³-hybridized carbons (Fsp3) is 0.292. The molecular weight excluding hydrogens is 469 g/mol. The maximum Gasteiger partial charge on any atom is 0.257 e. The summed E-state index contributed by atoms with van der Waals surface area (Å²) < 4.78 is 72.6. The second-order valence-electron chi connectivity index (χ2n) is 8.41. The van der Waals surface area contributed by atoms with Gasteiger partial charge in [-0.25, -0.2) is 22.0 Å². The van der Waals surface area contributed by atoms with Crippen LogP contribution in [0.4, 0.5) is 33.5 Å². The SMILES string of the molecule is Cc1nnc2nc(N(CC(F)F)c3cc(F)cc(C#CC4(O)CCC4)c3)c3c(F)c(F)ccc3n12. The van der Waals surface area contributed by atoms with E-state index < -0.39 is 36.0 Å². The topological polar surface area (TPSA) is 66.5 Å². The molecule has 0 spiro atoms. The Labute approximate surface area is 196 Å². The summed E-state index contributed by atoms with van der Waals surface area (Å²) in [5, 5.41) is 17.6. The lowest BCUT2D eigenvalue weighted by Gasteiger charge is -2.30. The third kappa shape index (κ3) is 4.14. The van der Waals surface area contributed by atoms with E-state index in [1.54, 1.807) is 6.92 Å². The monoisotopic (exact) mass is 487 g/mol. The van der Waals surface area contributed by atoms with Crippen molar-refractivity contribution in [3.05, 3.63) is 59.2 Å². The van der Waals surface area contributed by atoms with Crippen LogP contribution >= 0.6 is 0 Å². The highest BCUT2D eigenvalue weighted by atomic mass is 19.3. The molecule has 180 valence electrons. The van der Waals surface area contributed by atoms with Crippen molar-refractivity contribution in [1.29, 1.82) is 0 Å². The van der Waals surface area contributed by atoms with Gasteiger partial charge in [-0.15, -0.1) is 10.2 Å². The normalized spacial score (nSPS) is 14.7. The lowest BCUT2D eigenvalue weighted by Crippen LogP contribution is -2.34. The molecule has 5 rings (SSSR count). The minimum Gasteiger partial charge on any atom is -0.378 e.